The molecule has 1 aliphatic heterocycles. The van der Waals surface area contributed by atoms with E-state index in [9.17, 15) is 9.18 Å². The largest absolute Gasteiger partial charge is 0.479 e. The van der Waals surface area contributed by atoms with Gasteiger partial charge in [-0.15, -0.1) is 0 Å². The summed E-state index contributed by atoms with van der Waals surface area (Å²) in [4.78, 5) is 20.9. The second-order valence-corrected chi connectivity index (χ2v) is 4.99. The molecule has 0 bridgehead atoms. The van der Waals surface area contributed by atoms with Gasteiger partial charge in [-0.25, -0.2) is 4.98 Å². The Balaban J connectivity index is 2.03. The summed E-state index contributed by atoms with van der Waals surface area (Å²) in [5.41, 5.74) is 5.17. The lowest BCUT2D eigenvalue weighted by atomic mass is 9.93. The number of hydrogen-bond acceptors (Lipinski definition) is 5. The number of anilines is 1. The number of nitrogens with two attached hydrogens (primary N) is 1. The number of ether oxygens (including phenoxy) is 1. The van der Waals surface area contributed by atoms with Crippen LogP contribution < -0.4 is 15.4 Å². The second kappa shape index (κ2) is 6.49. The lowest BCUT2D eigenvalue weighted by molar-refractivity contribution is -0.118. The van der Waals surface area contributed by atoms with E-state index in [4.69, 9.17) is 10.5 Å². The second-order valence-electron chi connectivity index (χ2n) is 4.99. The molecule has 2 rings (SSSR count). The molecule has 0 spiro atoms. The van der Waals surface area contributed by atoms with Crippen LogP contribution in [0.25, 0.3) is 0 Å². The first-order valence-corrected chi connectivity index (χ1v) is 6.70. The van der Waals surface area contributed by atoms with Gasteiger partial charge in [0.2, 0.25) is 17.7 Å². The Morgan fingerprint density at radius 1 is 1.65 bits per heavy atom. The van der Waals surface area contributed by atoms with E-state index >= 15 is 0 Å². The zero-order valence-corrected chi connectivity index (χ0v) is 11.5. The monoisotopic (exact) mass is 282 g/mol. The summed E-state index contributed by atoms with van der Waals surface area (Å²) in [5, 5.41) is 0. The minimum absolute atomic E-state index is 0.0470. The van der Waals surface area contributed by atoms with Crippen LogP contribution in [-0.4, -0.2) is 36.1 Å². The average molecular weight is 282 g/mol. The quantitative estimate of drug-likeness (QED) is 0.874. The number of carbonyl (C=O) groups is 1. The predicted octanol–water partition coefficient (Wildman–Crippen LogP) is 1.11. The lowest BCUT2D eigenvalue weighted by Gasteiger charge is -2.32. The van der Waals surface area contributed by atoms with E-state index in [1.807, 2.05) is 4.90 Å². The highest BCUT2D eigenvalue weighted by molar-refractivity contribution is 5.73. The van der Waals surface area contributed by atoms with Crippen molar-refractivity contribution >= 4 is 11.9 Å². The number of methoxy groups -OCH3 is 1. The molecule has 1 fully saturated rings. The Morgan fingerprint density at radius 2 is 2.45 bits per heavy atom. The molecule has 2 heterocycles. The Morgan fingerprint density at radius 3 is 3.15 bits per heavy atom. The minimum atomic E-state index is -0.571. The van der Waals surface area contributed by atoms with Crippen molar-refractivity contribution in [2.45, 2.75) is 25.7 Å². The molecule has 1 aliphatic rings. The number of hydrogen-bond donors (Lipinski definition) is 1. The number of amides is 1. The number of rotatable bonds is 5. The molecule has 1 saturated heterocycles. The first-order chi connectivity index (χ1) is 9.60. The molecule has 110 valence electrons. The summed E-state index contributed by atoms with van der Waals surface area (Å²) in [6, 6.07) is 0. The molecule has 1 atom stereocenters. The standard InChI is InChI=1S/C13H19FN4O2/c1-20-12-10(14)7-16-13(17-12)18-6-2-3-9(8-18)4-5-11(15)19/h7,9H,2-6,8H2,1H3,(H2,15,19)/t9-/m0/s1. The van der Waals surface area contributed by atoms with Gasteiger partial charge in [0.25, 0.3) is 5.88 Å². The van der Waals surface area contributed by atoms with Gasteiger partial charge in [-0.2, -0.15) is 9.37 Å². The lowest BCUT2D eigenvalue weighted by Crippen LogP contribution is -2.37. The van der Waals surface area contributed by atoms with Gasteiger partial charge in [0.15, 0.2) is 0 Å². The fourth-order valence-corrected chi connectivity index (χ4v) is 2.47. The zero-order valence-electron chi connectivity index (χ0n) is 11.5. The fraction of sp³-hybridized carbons (Fsp3) is 0.615. The molecule has 0 aliphatic carbocycles. The minimum Gasteiger partial charge on any atom is -0.479 e. The summed E-state index contributed by atoms with van der Waals surface area (Å²) < 4.78 is 18.2. The highest BCUT2D eigenvalue weighted by atomic mass is 19.1. The van der Waals surface area contributed by atoms with Gasteiger partial charge in [-0.3, -0.25) is 4.79 Å². The molecule has 1 aromatic rings. The molecular weight excluding hydrogens is 263 g/mol. The summed E-state index contributed by atoms with van der Waals surface area (Å²) >= 11 is 0. The van der Waals surface area contributed by atoms with Crippen LogP contribution in [0.15, 0.2) is 6.20 Å². The Kier molecular flexibility index (Phi) is 4.70. The van der Waals surface area contributed by atoms with Gasteiger partial charge in [-0.05, 0) is 25.2 Å². The van der Waals surface area contributed by atoms with E-state index in [0.29, 0.717) is 18.3 Å². The Hall–Kier alpha value is -1.92. The van der Waals surface area contributed by atoms with Crippen LogP contribution in [0.1, 0.15) is 25.7 Å². The SMILES string of the molecule is COc1nc(N2CCC[C@@H](CCC(N)=O)C2)ncc1F. The van der Waals surface area contributed by atoms with Gasteiger partial charge in [-0.1, -0.05) is 0 Å². The van der Waals surface area contributed by atoms with Crippen molar-refractivity contribution in [2.24, 2.45) is 11.7 Å². The van der Waals surface area contributed by atoms with Crippen molar-refractivity contribution in [3.8, 4) is 5.88 Å². The van der Waals surface area contributed by atoms with Crippen LogP contribution in [0.4, 0.5) is 10.3 Å². The van der Waals surface area contributed by atoms with Crippen LogP contribution >= 0.6 is 0 Å². The third-order valence-electron chi connectivity index (χ3n) is 3.49. The number of halogens is 1. The maximum atomic E-state index is 13.3. The number of primary amides is 1. The van der Waals surface area contributed by atoms with Gasteiger partial charge < -0.3 is 15.4 Å². The Bertz CT molecular complexity index is 483. The van der Waals surface area contributed by atoms with E-state index in [1.165, 1.54) is 7.11 Å². The molecule has 7 heteroatoms. The van der Waals surface area contributed by atoms with Gasteiger partial charge in [0.05, 0.1) is 13.3 Å². The molecule has 2 N–H and O–H groups in total. The maximum Gasteiger partial charge on any atom is 0.255 e. The van der Waals surface area contributed by atoms with Crippen molar-refractivity contribution in [3.63, 3.8) is 0 Å². The molecule has 20 heavy (non-hydrogen) atoms. The highest BCUT2D eigenvalue weighted by Gasteiger charge is 2.23. The highest BCUT2D eigenvalue weighted by Crippen LogP contribution is 2.25. The molecule has 0 aromatic carbocycles. The summed E-state index contributed by atoms with van der Waals surface area (Å²) in [6.45, 7) is 1.57. The molecule has 0 radical (unpaired) electrons. The van der Waals surface area contributed by atoms with Crippen LogP contribution in [0.3, 0.4) is 0 Å². The van der Waals surface area contributed by atoms with Crippen molar-refractivity contribution in [1.82, 2.24) is 9.97 Å². The molecule has 1 amide bonds. The van der Waals surface area contributed by atoms with E-state index in [1.54, 1.807) is 0 Å². The van der Waals surface area contributed by atoms with Crippen molar-refractivity contribution in [1.29, 1.82) is 0 Å². The van der Waals surface area contributed by atoms with E-state index < -0.39 is 5.82 Å². The third kappa shape index (κ3) is 3.55. The predicted molar refractivity (Wildman–Crippen MR) is 71.9 cm³/mol. The van der Waals surface area contributed by atoms with Crippen LogP contribution in [-0.2, 0) is 4.79 Å². The maximum absolute atomic E-state index is 13.3. The smallest absolute Gasteiger partial charge is 0.255 e. The summed E-state index contributed by atoms with van der Waals surface area (Å²) in [7, 11) is 1.38. The first-order valence-electron chi connectivity index (χ1n) is 6.70. The Labute approximate surface area is 117 Å². The van der Waals surface area contributed by atoms with Crippen molar-refractivity contribution < 1.29 is 13.9 Å². The third-order valence-corrected chi connectivity index (χ3v) is 3.49. The van der Waals surface area contributed by atoms with Gasteiger partial charge in [0, 0.05) is 19.5 Å². The molecule has 1 aromatic heterocycles. The molecule has 6 nitrogen and oxygen atoms in total. The fourth-order valence-electron chi connectivity index (χ4n) is 2.47. The molecule has 0 unspecified atom stereocenters. The van der Waals surface area contributed by atoms with Crippen LogP contribution in [0, 0.1) is 11.7 Å². The number of carbonyl (C=O) groups excluding carboxylic acids is 1. The van der Waals surface area contributed by atoms with E-state index in [-0.39, 0.29) is 11.8 Å². The molecular formula is C13H19FN4O2. The topological polar surface area (TPSA) is 81.3 Å². The van der Waals surface area contributed by atoms with Crippen molar-refractivity contribution in [3.05, 3.63) is 12.0 Å². The zero-order chi connectivity index (χ0) is 14.5. The number of piperidine rings is 1. The van der Waals surface area contributed by atoms with Gasteiger partial charge in [0.1, 0.15) is 0 Å². The van der Waals surface area contributed by atoms with Crippen LogP contribution in [0.5, 0.6) is 5.88 Å². The van der Waals surface area contributed by atoms with E-state index in [2.05, 4.69) is 9.97 Å². The summed E-state index contributed by atoms with van der Waals surface area (Å²) in [5.74, 6) is -0.0439. The number of nitrogens with zero attached hydrogens (tertiary/aromatic N) is 3. The van der Waals surface area contributed by atoms with E-state index in [0.717, 1.165) is 38.5 Å². The summed E-state index contributed by atoms with van der Waals surface area (Å²) in [6.07, 6.45) is 4.33. The normalized spacial score (nSPS) is 18.9. The average Bonchev–Trinajstić information content (AvgIpc) is 2.46. The first kappa shape index (κ1) is 14.5. The van der Waals surface area contributed by atoms with Crippen LogP contribution in [0.2, 0.25) is 0 Å². The van der Waals surface area contributed by atoms with Crippen molar-refractivity contribution in [2.75, 3.05) is 25.1 Å². The van der Waals surface area contributed by atoms with Gasteiger partial charge >= 0.3 is 0 Å². The molecule has 0 saturated carbocycles. The number of aromatic nitrogens is 2.